The number of piperidine rings is 1. The molecule has 4 heterocycles. The standard InChI is InChI=1S/C27H28F2N4O6S/c1-18-25(23(39-30-18)7-5-19-4-6-21(28)17-22(19)29)40(36,37)33-10-8-20(9-11-33)26(34)31-12-14-32(15-13-31)27(35)24-3-2-16-38-24/h2-7,16-17,20H,8-15H2,1H3. The summed E-state index contributed by atoms with van der Waals surface area (Å²) < 4.78 is 65.9. The van der Waals surface area contributed by atoms with Crippen LogP contribution in [0.25, 0.3) is 12.2 Å². The molecule has 5 rings (SSSR count). The number of sulfonamides is 1. The Hall–Kier alpha value is -3.84. The zero-order chi connectivity index (χ0) is 28.4. The zero-order valence-electron chi connectivity index (χ0n) is 21.8. The molecule has 0 radical (unpaired) electrons. The fraction of sp³-hybridized carbons (Fsp3) is 0.370. The molecule has 0 aliphatic carbocycles. The number of furan rings is 1. The normalized spacial score (nSPS) is 17.6. The molecule has 3 aromatic rings. The number of carbonyl (C=O) groups excluding carboxylic acids is 2. The number of hydrogen-bond donors (Lipinski definition) is 0. The van der Waals surface area contributed by atoms with Crippen LogP contribution in [-0.2, 0) is 14.8 Å². The summed E-state index contributed by atoms with van der Waals surface area (Å²) >= 11 is 0. The van der Waals surface area contributed by atoms with Crippen LogP contribution in [0.5, 0.6) is 0 Å². The van der Waals surface area contributed by atoms with Crippen molar-refractivity contribution in [2.45, 2.75) is 24.7 Å². The van der Waals surface area contributed by atoms with Gasteiger partial charge in [-0.15, -0.1) is 0 Å². The number of benzene rings is 1. The first-order valence-corrected chi connectivity index (χ1v) is 14.3. The smallest absolute Gasteiger partial charge is 0.289 e. The lowest BCUT2D eigenvalue weighted by molar-refractivity contribution is -0.138. The minimum Gasteiger partial charge on any atom is -0.459 e. The van der Waals surface area contributed by atoms with Crippen LogP contribution in [0, 0.1) is 24.5 Å². The van der Waals surface area contributed by atoms with E-state index in [-0.39, 0.29) is 58.5 Å². The molecule has 2 aliphatic rings. The Bertz CT molecular complexity index is 1520. The number of aromatic nitrogens is 1. The van der Waals surface area contributed by atoms with Crippen LogP contribution in [0.4, 0.5) is 8.78 Å². The van der Waals surface area contributed by atoms with E-state index in [0.717, 1.165) is 12.1 Å². The van der Waals surface area contributed by atoms with Crippen LogP contribution in [0.2, 0.25) is 0 Å². The molecule has 0 bridgehead atoms. The maximum absolute atomic E-state index is 14.0. The van der Waals surface area contributed by atoms with Crippen LogP contribution in [0.15, 0.2) is 50.4 Å². The lowest BCUT2D eigenvalue weighted by Crippen LogP contribution is -2.53. The summed E-state index contributed by atoms with van der Waals surface area (Å²) in [4.78, 5) is 28.9. The minimum atomic E-state index is -4.02. The van der Waals surface area contributed by atoms with Crippen molar-refractivity contribution in [2.24, 2.45) is 5.92 Å². The SMILES string of the molecule is Cc1noc(C=Cc2ccc(F)cc2F)c1S(=O)(=O)N1CCC(C(=O)N2CCN(C(=O)c3ccco3)CC2)CC1. The monoisotopic (exact) mass is 574 g/mol. The van der Waals surface area contributed by atoms with Gasteiger partial charge in [-0.25, -0.2) is 17.2 Å². The molecule has 13 heteroatoms. The third-order valence-corrected chi connectivity index (χ3v) is 9.28. The van der Waals surface area contributed by atoms with Gasteiger partial charge in [0.25, 0.3) is 5.91 Å². The Kier molecular flexibility index (Phi) is 7.86. The molecule has 2 aromatic heterocycles. The van der Waals surface area contributed by atoms with Crippen LogP contribution < -0.4 is 0 Å². The summed E-state index contributed by atoms with van der Waals surface area (Å²) in [7, 11) is -4.02. The quantitative estimate of drug-likeness (QED) is 0.443. The first kappa shape index (κ1) is 27.7. The van der Waals surface area contributed by atoms with Gasteiger partial charge in [-0.05, 0) is 56.2 Å². The Balaban J connectivity index is 1.20. The number of piperazine rings is 1. The number of aryl methyl sites for hydroxylation is 1. The molecule has 0 spiro atoms. The maximum atomic E-state index is 14.0. The molecule has 1 aromatic carbocycles. The van der Waals surface area contributed by atoms with Gasteiger partial charge in [0.2, 0.25) is 15.9 Å². The van der Waals surface area contributed by atoms with Crippen LogP contribution >= 0.6 is 0 Å². The van der Waals surface area contributed by atoms with E-state index >= 15 is 0 Å². The van der Waals surface area contributed by atoms with Crippen molar-refractivity contribution < 1.29 is 35.7 Å². The minimum absolute atomic E-state index is 0.0479. The highest BCUT2D eigenvalue weighted by Gasteiger charge is 2.37. The Labute approximate surface area is 229 Å². The zero-order valence-corrected chi connectivity index (χ0v) is 22.6. The second-order valence-corrected chi connectivity index (χ2v) is 11.6. The van der Waals surface area contributed by atoms with E-state index in [4.69, 9.17) is 8.94 Å². The van der Waals surface area contributed by atoms with Gasteiger partial charge in [-0.1, -0.05) is 5.16 Å². The van der Waals surface area contributed by atoms with Crippen molar-refractivity contribution in [3.8, 4) is 0 Å². The average Bonchev–Trinajstić information content (AvgIpc) is 3.62. The van der Waals surface area contributed by atoms with Gasteiger partial charge >= 0.3 is 0 Å². The number of halogens is 2. The van der Waals surface area contributed by atoms with Gasteiger partial charge in [0, 0.05) is 56.8 Å². The molecule has 212 valence electrons. The van der Waals surface area contributed by atoms with Crippen molar-refractivity contribution in [3.05, 3.63) is 71.0 Å². The van der Waals surface area contributed by atoms with Gasteiger partial charge in [0.1, 0.15) is 17.3 Å². The highest BCUT2D eigenvalue weighted by molar-refractivity contribution is 7.89. The average molecular weight is 575 g/mol. The number of carbonyl (C=O) groups is 2. The summed E-state index contributed by atoms with van der Waals surface area (Å²) in [6.07, 6.45) is 4.71. The number of rotatable bonds is 6. The molecule has 2 aliphatic heterocycles. The Morgan fingerprint density at radius 1 is 1.00 bits per heavy atom. The lowest BCUT2D eigenvalue weighted by atomic mass is 9.96. The van der Waals surface area contributed by atoms with E-state index in [1.54, 1.807) is 21.9 Å². The van der Waals surface area contributed by atoms with Crippen LogP contribution in [0.1, 0.15) is 40.4 Å². The molecular weight excluding hydrogens is 546 g/mol. The number of amides is 2. The molecule has 40 heavy (non-hydrogen) atoms. The molecule has 0 saturated carbocycles. The Morgan fingerprint density at radius 2 is 1.70 bits per heavy atom. The second kappa shape index (κ2) is 11.3. The van der Waals surface area contributed by atoms with Gasteiger partial charge in [-0.2, -0.15) is 4.31 Å². The molecule has 2 saturated heterocycles. The summed E-state index contributed by atoms with van der Waals surface area (Å²) in [6, 6.07) is 6.31. The van der Waals surface area contributed by atoms with E-state index in [0.29, 0.717) is 39.0 Å². The van der Waals surface area contributed by atoms with Gasteiger partial charge in [-0.3, -0.25) is 9.59 Å². The highest BCUT2D eigenvalue weighted by atomic mass is 32.2. The Morgan fingerprint density at radius 3 is 2.35 bits per heavy atom. The fourth-order valence-corrected chi connectivity index (χ4v) is 6.74. The predicted octanol–water partition coefficient (Wildman–Crippen LogP) is 3.41. The third kappa shape index (κ3) is 5.56. The van der Waals surface area contributed by atoms with Crippen molar-refractivity contribution in [3.63, 3.8) is 0 Å². The molecular formula is C27H28F2N4O6S. The topological polar surface area (TPSA) is 117 Å². The maximum Gasteiger partial charge on any atom is 0.289 e. The van der Waals surface area contributed by atoms with Gasteiger partial charge in [0.15, 0.2) is 16.4 Å². The first-order valence-electron chi connectivity index (χ1n) is 12.9. The van der Waals surface area contributed by atoms with E-state index in [1.165, 1.54) is 35.7 Å². The van der Waals surface area contributed by atoms with E-state index in [9.17, 15) is 26.8 Å². The second-order valence-electron chi connectivity index (χ2n) is 9.73. The summed E-state index contributed by atoms with van der Waals surface area (Å²) in [5.74, 6) is -1.92. The molecule has 0 atom stereocenters. The number of hydrogen-bond acceptors (Lipinski definition) is 7. The number of nitrogens with zero attached hydrogens (tertiary/aromatic N) is 4. The van der Waals surface area contributed by atoms with Crippen molar-refractivity contribution >= 4 is 34.0 Å². The van der Waals surface area contributed by atoms with E-state index in [2.05, 4.69) is 5.16 Å². The predicted molar refractivity (Wildman–Crippen MR) is 139 cm³/mol. The largest absolute Gasteiger partial charge is 0.459 e. The summed E-state index contributed by atoms with van der Waals surface area (Å²) in [6.45, 7) is 3.35. The van der Waals surface area contributed by atoms with Crippen molar-refractivity contribution in [2.75, 3.05) is 39.3 Å². The summed E-state index contributed by atoms with van der Waals surface area (Å²) in [5.41, 5.74) is 0.212. The van der Waals surface area contributed by atoms with Crippen LogP contribution in [-0.4, -0.2) is 78.8 Å². The van der Waals surface area contributed by atoms with E-state index < -0.39 is 21.7 Å². The first-order chi connectivity index (χ1) is 19.1. The molecule has 0 unspecified atom stereocenters. The molecule has 0 N–H and O–H groups in total. The molecule has 10 nitrogen and oxygen atoms in total. The third-order valence-electron chi connectivity index (χ3n) is 7.22. The fourth-order valence-electron chi connectivity index (χ4n) is 5.02. The van der Waals surface area contributed by atoms with Crippen molar-refractivity contribution in [1.82, 2.24) is 19.3 Å². The van der Waals surface area contributed by atoms with Gasteiger partial charge < -0.3 is 18.7 Å². The summed E-state index contributed by atoms with van der Waals surface area (Å²) in [5, 5.41) is 3.79. The van der Waals surface area contributed by atoms with Crippen molar-refractivity contribution in [1.29, 1.82) is 0 Å². The highest BCUT2D eigenvalue weighted by Crippen LogP contribution is 2.30. The van der Waals surface area contributed by atoms with Gasteiger partial charge in [0.05, 0.1) is 6.26 Å². The van der Waals surface area contributed by atoms with Crippen LogP contribution in [0.3, 0.4) is 0 Å². The van der Waals surface area contributed by atoms with E-state index in [1.807, 2.05) is 0 Å². The lowest BCUT2D eigenvalue weighted by Gasteiger charge is -2.38. The molecule has 2 fully saturated rings. The molecule has 2 amide bonds.